The SMILES string of the molecule is C/C(=N\OCc1ccc(C(F)(F)F)cc1)c1ccc(C2CCC(COP(O)O)C2)cc1. The zero-order valence-corrected chi connectivity index (χ0v) is 17.9. The lowest BCUT2D eigenvalue weighted by Gasteiger charge is -2.13. The molecule has 0 aliphatic heterocycles. The molecule has 1 aliphatic carbocycles. The van der Waals surface area contributed by atoms with E-state index in [0.29, 0.717) is 29.7 Å². The highest BCUT2D eigenvalue weighted by Crippen LogP contribution is 2.40. The van der Waals surface area contributed by atoms with Crippen LogP contribution in [0.15, 0.2) is 53.7 Å². The van der Waals surface area contributed by atoms with Crippen LogP contribution in [0.1, 0.15) is 54.4 Å². The van der Waals surface area contributed by atoms with Gasteiger partial charge in [0.15, 0.2) is 0 Å². The first-order valence-electron chi connectivity index (χ1n) is 9.96. The minimum atomic E-state index is -4.35. The lowest BCUT2D eigenvalue weighted by molar-refractivity contribution is -0.137. The molecule has 0 spiro atoms. The van der Waals surface area contributed by atoms with Gasteiger partial charge in [0.25, 0.3) is 0 Å². The molecule has 2 unspecified atom stereocenters. The maximum Gasteiger partial charge on any atom is 0.416 e. The van der Waals surface area contributed by atoms with Crippen LogP contribution in [0.25, 0.3) is 0 Å². The summed E-state index contributed by atoms with van der Waals surface area (Å²) in [5.41, 5.74) is 2.72. The summed E-state index contributed by atoms with van der Waals surface area (Å²) < 4.78 is 42.7. The summed E-state index contributed by atoms with van der Waals surface area (Å²) in [6, 6.07) is 12.9. The Hall–Kier alpha value is -1.99. The number of hydrogen-bond acceptors (Lipinski definition) is 5. The average Bonchev–Trinajstić information content (AvgIpc) is 3.21. The van der Waals surface area contributed by atoms with Crippen LogP contribution in [0.4, 0.5) is 13.2 Å². The van der Waals surface area contributed by atoms with Gasteiger partial charge in [-0.3, -0.25) is 0 Å². The third-order valence-electron chi connectivity index (χ3n) is 5.48. The standard InChI is InChI=1S/C22H25F3NO4P/c1-15(26-29-13-16-3-10-21(11-4-16)22(23,24)25)18-6-8-19(9-7-18)20-5-2-17(12-20)14-30-31(27)28/h3-4,6-11,17,20,27-28H,2,5,12-14H2,1H3/b26-15+. The molecule has 1 aliphatic rings. The van der Waals surface area contributed by atoms with Gasteiger partial charge in [-0.25, -0.2) is 0 Å². The van der Waals surface area contributed by atoms with Crippen LogP contribution < -0.4 is 0 Å². The van der Waals surface area contributed by atoms with Gasteiger partial charge in [-0.05, 0) is 66.8 Å². The maximum atomic E-state index is 12.6. The number of alkyl halides is 3. The van der Waals surface area contributed by atoms with Crippen molar-refractivity contribution in [3.63, 3.8) is 0 Å². The zero-order valence-electron chi connectivity index (χ0n) is 17.0. The highest BCUT2D eigenvalue weighted by molar-refractivity contribution is 7.39. The van der Waals surface area contributed by atoms with Crippen LogP contribution in [0.2, 0.25) is 0 Å². The molecule has 2 atom stereocenters. The smallest absolute Gasteiger partial charge is 0.391 e. The molecule has 9 heteroatoms. The molecular formula is C22H25F3NO4P. The lowest BCUT2D eigenvalue weighted by Crippen LogP contribution is -2.04. The molecule has 0 heterocycles. The van der Waals surface area contributed by atoms with Gasteiger partial charge in [0.2, 0.25) is 0 Å². The average molecular weight is 455 g/mol. The van der Waals surface area contributed by atoms with Crippen molar-refractivity contribution in [1.29, 1.82) is 0 Å². The topological polar surface area (TPSA) is 71.3 Å². The first-order chi connectivity index (χ1) is 14.7. The molecule has 0 saturated heterocycles. The minimum Gasteiger partial charge on any atom is -0.391 e. The van der Waals surface area contributed by atoms with Crippen molar-refractivity contribution in [3.05, 3.63) is 70.8 Å². The van der Waals surface area contributed by atoms with Crippen molar-refractivity contribution in [1.82, 2.24) is 0 Å². The number of rotatable bonds is 8. The van der Waals surface area contributed by atoms with Gasteiger partial charge in [0.05, 0.1) is 17.9 Å². The van der Waals surface area contributed by atoms with Crippen molar-refractivity contribution < 1.29 is 32.3 Å². The Labute approximate surface area is 180 Å². The van der Waals surface area contributed by atoms with E-state index in [-0.39, 0.29) is 6.61 Å². The fourth-order valence-corrected chi connectivity index (χ4v) is 4.09. The van der Waals surface area contributed by atoms with E-state index in [1.807, 2.05) is 19.1 Å². The summed E-state index contributed by atoms with van der Waals surface area (Å²) in [6.07, 6.45) is -1.37. The Morgan fingerprint density at radius 2 is 1.74 bits per heavy atom. The summed E-state index contributed by atoms with van der Waals surface area (Å²) in [5.74, 6) is 0.746. The second-order valence-electron chi connectivity index (χ2n) is 7.69. The molecule has 0 bridgehead atoms. The van der Waals surface area contributed by atoms with E-state index in [9.17, 15) is 13.2 Å². The van der Waals surface area contributed by atoms with E-state index in [4.69, 9.17) is 19.1 Å². The molecule has 2 N–H and O–H groups in total. The van der Waals surface area contributed by atoms with Crippen molar-refractivity contribution >= 4 is 14.3 Å². The van der Waals surface area contributed by atoms with Crippen molar-refractivity contribution in [2.24, 2.45) is 11.1 Å². The highest BCUT2D eigenvalue weighted by Gasteiger charge is 2.30. The van der Waals surface area contributed by atoms with Gasteiger partial charge in [-0.1, -0.05) is 41.6 Å². The number of benzene rings is 2. The third-order valence-corrected chi connectivity index (χ3v) is 5.86. The van der Waals surface area contributed by atoms with Crippen LogP contribution >= 0.6 is 8.60 Å². The van der Waals surface area contributed by atoms with E-state index < -0.39 is 20.3 Å². The fourth-order valence-electron chi connectivity index (χ4n) is 3.74. The maximum absolute atomic E-state index is 12.6. The Morgan fingerprint density at radius 1 is 1.06 bits per heavy atom. The Bertz CT molecular complexity index is 870. The van der Waals surface area contributed by atoms with Crippen molar-refractivity contribution in [2.45, 2.75) is 44.9 Å². The molecular weight excluding hydrogens is 430 g/mol. The molecule has 1 fully saturated rings. The summed E-state index contributed by atoms with van der Waals surface area (Å²) in [7, 11) is -2.29. The first kappa shape index (κ1) is 23.7. The molecule has 5 nitrogen and oxygen atoms in total. The molecule has 31 heavy (non-hydrogen) atoms. The summed E-state index contributed by atoms with van der Waals surface area (Å²) in [6.45, 7) is 2.27. The molecule has 3 rings (SSSR count). The van der Waals surface area contributed by atoms with Crippen LogP contribution in [-0.4, -0.2) is 22.1 Å². The zero-order chi connectivity index (χ0) is 22.4. The van der Waals surface area contributed by atoms with Gasteiger partial charge < -0.3 is 19.1 Å². The van der Waals surface area contributed by atoms with Crippen LogP contribution in [0.3, 0.4) is 0 Å². The van der Waals surface area contributed by atoms with Crippen molar-refractivity contribution in [2.75, 3.05) is 6.61 Å². The summed E-state index contributed by atoms with van der Waals surface area (Å²) in [4.78, 5) is 23.1. The summed E-state index contributed by atoms with van der Waals surface area (Å²) in [5, 5.41) is 4.07. The van der Waals surface area contributed by atoms with Gasteiger partial charge in [0.1, 0.15) is 6.61 Å². The number of nitrogens with zero attached hydrogens (tertiary/aromatic N) is 1. The van der Waals surface area contributed by atoms with Gasteiger partial charge >= 0.3 is 14.8 Å². The van der Waals surface area contributed by atoms with E-state index in [1.54, 1.807) is 0 Å². The van der Waals surface area contributed by atoms with E-state index in [1.165, 1.54) is 17.7 Å². The van der Waals surface area contributed by atoms with E-state index >= 15 is 0 Å². The molecule has 0 amide bonds. The van der Waals surface area contributed by atoms with Gasteiger partial charge in [-0.15, -0.1) is 0 Å². The Morgan fingerprint density at radius 3 is 2.35 bits per heavy atom. The van der Waals surface area contributed by atoms with Crippen LogP contribution in [-0.2, 0) is 22.1 Å². The molecule has 2 aromatic carbocycles. The molecule has 168 valence electrons. The second kappa shape index (κ2) is 10.6. The second-order valence-corrected chi connectivity index (χ2v) is 8.46. The van der Waals surface area contributed by atoms with Crippen LogP contribution in [0, 0.1) is 5.92 Å². The molecule has 1 saturated carbocycles. The minimum absolute atomic E-state index is 0.0863. The first-order valence-corrected chi connectivity index (χ1v) is 11.1. The third kappa shape index (κ3) is 7.01. The van der Waals surface area contributed by atoms with E-state index in [0.717, 1.165) is 37.0 Å². The monoisotopic (exact) mass is 455 g/mol. The van der Waals surface area contributed by atoms with Crippen molar-refractivity contribution in [3.8, 4) is 0 Å². The highest BCUT2D eigenvalue weighted by atomic mass is 31.2. The fraction of sp³-hybridized carbons (Fsp3) is 0.409. The Kier molecular flexibility index (Phi) is 8.06. The van der Waals surface area contributed by atoms with Crippen LogP contribution in [0.5, 0.6) is 0 Å². The number of oxime groups is 1. The number of halogens is 3. The summed E-state index contributed by atoms with van der Waals surface area (Å²) >= 11 is 0. The molecule has 0 aromatic heterocycles. The Balaban J connectivity index is 1.51. The predicted octanol–water partition coefficient (Wildman–Crippen LogP) is 5.76. The molecule has 0 radical (unpaired) electrons. The van der Waals surface area contributed by atoms with E-state index in [2.05, 4.69) is 17.3 Å². The largest absolute Gasteiger partial charge is 0.416 e. The predicted molar refractivity (Wildman–Crippen MR) is 112 cm³/mol. The normalized spacial score (nSPS) is 19.8. The van der Waals surface area contributed by atoms with Gasteiger partial charge in [0, 0.05) is 0 Å². The lowest BCUT2D eigenvalue weighted by atomic mass is 9.95. The van der Waals surface area contributed by atoms with Gasteiger partial charge in [-0.2, -0.15) is 13.2 Å². The molecule has 2 aromatic rings. The number of hydrogen-bond donors (Lipinski definition) is 2. The quantitative estimate of drug-likeness (QED) is 0.302.